The molecule has 1 aromatic carbocycles. The van der Waals surface area contributed by atoms with Gasteiger partial charge >= 0.3 is 5.97 Å². The largest absolute Gasteiger partial charge is 0.462 e. The molecule has 0 radical (unpaired) electrons. The van der Waals surface area contributed by atoms with Gasteiger partial charge in [0, 0.05) is 5.56 Å². The van der Waals surface area contributed by atoms with Gasteiger partial charge in [-0.05, 0) is 57.6 Å². The van der Waals surface area contributed by atoms with Gasteiger partial charge in [0.1, 0.15) is 17.7 Å². The summed E-state index contributed by atoms with van der Waals surface area (Å²) < 4.78 is 43.3. The molecule has 2 aliphatic carbocycles. The van der Waals surface area contributed by atoms with Crippen molar-refractivity contribution in [2.45, 2.75) is 68.4 Å². The molecule has 1 N–H and O–H groups in total. The number of sulfone groups is 1. The number of oxime groups is 1. The van der Waals surface area contributed by atoms with Crippen LogP contribution in [0.2, 0.25) is 0 Å². The van der Waals surface area contributed by atoms with Gasteiger partial charge in [-0.15, -0.1) is 0 Å². The molecular weight excluding hydrogens is 497 g/mol. The summed E-state index contributed by atoms with van der Waals surface area (Å²) in [6.45, 7) is 0.750. The van der Waals surface area contributed by atoms with Gasteiger partial charge in [0.2, 0.25) is 0 Å². The fourth-order valence-electron chi connectivity index (χ4n) is 3.73. The SMILES string of the molecule is CCOC(=O)c1sc(NC(=O)C(=NOC2CCCC2)c2ccc(S(=O)(=O)C3CC3)cc2)nc1CF. The highest BCUT2D eigenvalue weighted by Crippen LogP contribution is 2.33. The fraction of sp³-hybridized carbons (Fsp3) is 0.478. The van der Waals surface area contributed by atoms with Crippen LogP contribution >= 0.6 is 11.3 Å². The molecule has 12 heteroatoms. The molecule has 9 nitrogen and oxygen atoms in total. The maximum Gasteiger partial charge on any atom is 0.350 e. The van der Waals surface area contributed by atoms with Gasteiger partial charge in [0.05, 0.1) is 22.4 Å². The first-order valence-corrected chi connectivity index (χ1v) is 13.8. The Hall–Kier alpha value is -2.86. The molecule has 0 atom stereocenters. The quantitative estimate of drug-likeness (QED) is 0.283. The third-order valence-electron chi connectivity index (χ3n) is 5.74. The van der Waals surface area contributed by atoms with E-state index in [4.69, 9.17) is 9.57 Å². The van der Waals surface area contributed by atoms with E-state index in [2.05, 4.69) is 15.5 Å². The lowest BCUT2D eigenvalue weighted by atomic mass is 10.1. The van der Waals surface area contributed by atoms with Crippen molar-refractivity contribution < 1.29 is 32.0 Å². The lowest BCUT2D eigenvalue weighted by Crippen LogP contribution is -2.25. The lowest BCUT2D eigenvalue weighted by Gasteiger charge is -2.11. The minimum Gasteiger partial charge on any atom is -0.462 e. The second kappa shape index (κ2) is 10.8. The van der Waals surface area contributed by atoms with Crippen LogP contribution in [0, 0.1) is 0 Å². The van der Waals surface area contributed by atoms with E-state index >= 15 is 0 Å². The van der Waals surface area contributed by atoms with Crippen molar-refractivity contribution in [1.29, 1.82) is 0 Å². The number of ether oxygens (including phenoxy) is 1. The number of hydrogen-bond acceptors (Lipinski definition) is 9. The topological polar surface area (TPSA) is 124 Å². The molecule has 0 bridgehead atoms. The highest BCUT2D eigenvalue weighted by atomic mass is 32.2. The van der Waals surface area contributed by atoms with Crippen LogP contribution in [-0.2, 0) is 30.9 Å². The Kier molecular flexibility index (Phi) is 7.80. The number of rotatable bonds is 10. The number of carbonyl (C=O) groups excluding carboxylic acids is 2. The van der Waals surface area contributed by atoms with E-state index in [9.17, 15) is 22.4 Å². The van der Waals surface area contributed by atoms with Gasteiger partial charge in [-0.25, -0.2) is 22.6 Å². The third-order valence-corrected chi connectivity index (χ3v) is 9.01. The van der Waals surface area contributed by atoms with Gasteiger partial charge in [-0.1, -0.05) is 28.6 Å². The molecular formula is C23H26FN3O6S2. The predicted molar refractivity (Wildman–Crippen MR) is 128 cm³/mol. The highest BCUT2D eigenvalue weighted by Gasteiger charge is 2.37. The van der Waals surface area contributed by atoms with Crippen LogP contribution in [-0.4, -0.2) is 49.0 Å². The number of thiazole rings is 1. The molecule has 0 unspecified atom stereocenters. The second-order valence-electron chi connectivity index (χ2n) is 8.32. The second-order valence-corrected chi connectivity index (χ2v) is 11.6. The van der Waals surface area contributed by atoms with E-state index < -0.39 is 28.4 Å². The Morgan fingerprint density at radius 2 is 1.86 bits per heavy atom. The molecule has 4 rings (SSSR count). The van der Waals surface area contributed by atoms with Crippen molar-refractivity contribution >= 4 is 43.9 Å². The molecule has 188 valence electrons. The summed E-state index contributed by atoms with van der Waals surface area (Å²) in [5, 5.41) is 6.30. The maximum absolute atomic E-state index is 13.4. The lowest BCUT2D eigenvalue weighted by molar-refractivity contribution is -0.110. The Morgan fingerprint density at radius 1 is 1.17 bits per heavy atom. The maximum atomic E-state index is 13.4. The number of nitrogens with zero attached hydrogens (tertiary/aromatic N) is 2. The number of anilines is 1. The molecule has 35 heavy (non-hydrogen) atoms. The summed E-state index contributed by atoms with van der Waals surface area (Å²) in [6, 6.07) is 5.91. The molecule has 1 aromatic heterocycles. The summed E-state index contributed by atoms with van der Waals surface area (Å²) in [5.74, 6) is -1.40. The monoisotopic (exact) mass is 523 g/mol. The van der Waals surface area contributed by atoms with Crippen LogP contribution < -0.4 is 5.32 Å². The summed E-state index contributed by atoms with van der Waals surface area (Å²) in [4.78, 5) is 35.0. The number of carbonyl (C=O) groups is 2. The molecule has 2 fully saturated rings. The Morgan fingerprint density at radius 3 is 2.46 bits per heavy atom. The third kappa shape index (κ3) is 5.87. The van der Waals surface area contributed by atoms with Crippen LogP contribution in [0.1, 0.15) is 66.4 Å². The van der Waals surface area contributed by atoms with E-state index in [1.54, 1.807) is 6.92 Å². The van der Waals surface area contributed by atoms with Crippen molar-refractivity contribution in [2.75, 3.05) is 11.9 Å². The van der Waals surface area contributed by atoms with Crippen molar-refractivity contribution in [3.8, 4) is 0 Å². The minimum absolute atomic E-state index is 0.00667. The molecule has 2 saturated carbocycles. The Labute approximate surface area is 206 Å². The zero-order chi connectivity index (χ0) is 25.0. The number of esters is 1. The van der Waals surface area contributed by atoms with E-state index in [0.717, 1.165) is 37.0 Å². The highest BCUT2D eigenvalue weighted by molar-refractivity contribution is 7.92. The molecule has 1 heterocycles. The molecule has 0 saturated heterocycles. The molecule has 1 amide bonds. The predicted octanol–water partition coefficient (Wildman–Crippen LogP) is 4.03. The van der Waals surface area contributed by atoms with Gasteiger partial charge in [0.25, 0.3) is 5.91 Å². The van der Waals surface area contributed by atoms with Crippen molar-refractivity contribution in [3.63, 3.8) is 0 Å². The summed E-state index contributed by atoms with van der Waals surface area (Å²) in [6.07, 6.45) is 4.86. The number of alkyl halides is 1. The smallest absolute Gasteiger partial charge is 0.350 e. The van der Waals surface area contributed by atoms with E-state index in [-0.39, 0.29) is 44.3 Å². The Balaban J connectivity index is 1.58. The van der Waals surface area contributed by atoms with E-state index in [1.165, 1.54) is 24.3 Å². The van der Waals surface area contributed by atoms with Crippen molar-refractivity contribution in [3.05, 3.63) is 40.4 Å². The van der Waals surface area contributed by atoms with Gasteiger partial charge < -0.3 is 9.57 Å². The zero-order valence-electron chi connectivity index (χ0n) is 19.2. The number of nitrogens with one attached hydrogen (secondary N) is 1. The zero-order valence-corrected chi connectivity index (χ0v) is 20.8. The molecule has 0 spiro atoms. The number of halogens is 1. The minimum atomic E-state index is -3.38. The normalized spacial score (nSPS) is 16.8. The molecule has 2 aromatic rings. The fourth-order valence-corrected chi connectivity index (χ4v) is 6.24. The van der Waals surface area contributed by atoms with E-state index in [0.29, 0.717) is 18.4 Å². The number of hydrogen-bond donors (Lipinski definition) is 1. The van der Waals surface area contributed by atoms with Crippen molar-refractivity contribution in [1.82, 2.24) is 4.98 Å². The number of aromatic nitrogens is 1. The molecule has 0 aliphatic heterocycles. The van der Waals surface area contributed by atoms with Crippen LogP contribution in [0.15, 0.2) is 34.3 Å². The van der Waals surface area contributed by atoms with Gasteiger partial charge in [-0.2, -0.15) is 0 Å². The first-order chi connectivity index (χ1) is 16.8. The average molecular weight is 524 g/mol. The summed E-state index contributed by atoms with van der Waals surface area (Å²) in [7, 11) is -3.38. The van der Waals surface area contributed by atoms with Crippen LogP contribution in [0.4, 0.5) is 9.52 Å². The van der Waals surface area contributed by atoms with Crippen molar-refractivity contribution in [2.24, 2.45) is 5.16 Å². The first kappa shape index (κ1) is 25.2. The average Bonchev–Trinajstić information content (AvgIpc) is 3.44. The standard InChI is InChI=1S/C23H26FN3O6S2/c1-2-32-22(29)20-18(13-24)25-23(34-20)26-21(28)19(27-33-15-5-3-4-6-15)14-7-9-16(10-8-14)35(30,31)17-11-12-17/h7-10,15,17H,2-6,11-13H2,1H3,(H,25,26,28). The summed E-state index contributed by atoms with van der Waals surface area (Å²) in [5.41, 5.74) is 0.143. The number of amides is 1. The van der Waals surface area contributed by atoms with Gasteiger partial charge in [-0.3, -0.25) is 10.1 Å². The summed E-state index contributed by atoms with van der Waals surface area (Å²) >= 11 is 0.800. The van der Waals surface area contributed by atoms with Crippen LogP contribution in [0.3, 0.4) is 0 Å². The number of benzene rings is 1. The van der Waals surface area contributed by atoms with E-state index in [1.807, 2.05) is 0 Å². The Bertz CT molecular complexity index is 1220. The first-order valence-electron chi connectivity index (χ1n) is 11.5. The van der Waals surface area contributed by atoms with Gasteiger partial charge in [0.15, 0.2) is 20.7 Å². The van der Waals surface area contributed by atoms with Crippen LogP contribution in [0.5, 0.6) is 0 Å². The molecule has 2 aliphatic rings. The van der Waals surface area contributed by atoms with Crippen LogP contribution in [0.25, 0.3) is 0 Å².